The Kier molecular flexibility index (Phi) is 3.67. The molecule has 14 heavy (non-hydrogen) atoms. The van der Waals surface area contributed by atoms with Crippen molar-refractivity contribution in [3.8, 4) is 11.5 Å². The number of ether oxygens (including phenoxy) is 2. The van der Waals surface area contributed by atoms with Crippen molar-refractivity contribution in [1.29, 1.82) is 0 Å². The Labute approximate surface area is 81.3 Å². The van der Waals surface area contributed by atoms with E-state index in [2.05, 4.69) is 4.84 Å². The van der Waals surface area contributed by atoms with Crippen LogP contribution in [-0.2, 0) is 11.4 Å². The van der Waals surface area contributed by atoms with Gasteiger partial charge in [-0.05, 0) is 17.7 Å². The molecule has 0 bridgehead atoms. The van der Waals surface area contributed by atoms with Crippen LogP contribution in [-0.4, -0.2) is 14.2 Å². The molecular formula is C9H12FNO3. The predicted octanol–water partition coefficient (Wildman–Crippen LogP) is 1.23. The molecule has 0 saturated heterocycles. The summed E-state index contributed by atoms with van der Waals surface area (Å²) < 4.78 is 23.1. The van der Waals surface area contributed by atoms with E-state index in [0.717, 1.165) is 0 Å². The molecule has 0 aliphatic rings. The Hall–Kier alpha value is -1.33. The zero-order valence-electron chi connectivity index (χ0n) is 8.04. The summed E-state index contributed by atoms with van der Waals surface area (Å²) >= 11 is 0. The van der Waals surface area contributed by atoms with Gasteiger partial charge in [-0.3, -0.25) is 4.84 Å². The van der Waals surface area contributed by atoms with Crippen molar-refractivity contribution >= 4 is 0 Å². The van der Waals surface area contributed by atoms with E-state index in [1.165, 1.54) is 20.3 Å². The minimum atomic E-state index is -0.501. The van der Waals surface area contributed by atoms with Gasteiger partial charge in [-0.15, -0.1) is 0 Å². The first-order valence-electron chi connectivity index (χ1n) is 3.95. The Morgan fingerprint density at radius 3 is 2.50 bits per heavy atom. The van der Waals surface area contributed by atoms with Gasteiger partial charge in [0.15, 0.2) is 17.3 Å². The van der Waals surface area contributed by atoms with E-state index in [4.69, 9.17) is 15.4 Å². The zero-order chi connectivity index (χ0) is 10.6. The number of nitrogens with two attached hydrogens (primary N) is 1. The maximum atomic E-state index is 13.3. The van der Waals surface area contributed by atoms with Crippen molar-refractivity contribution in [3.05, 3.63) is 23.5 Å². The van der Waals surface area contributed by atoms with E-state index in [-0.39, 0.29) is 12.4 Å². The number of hydrogen-bond acceptors (Lipinski definition) is 4. The monoisotopic (exact) mass is 201 g/mol. The van der Waals surface area contributed by atoms with Crippen LogP contribution >= 0.6 is 0 Å². The fourth-order valence-corrected chi connectivity index (χ4v) is 1.15. The molecule has 0 unspecified atom stereocenters. The van der Waals surface area contributed by atoms with Crippen LogP contribution in [0.2, 0.25) is 0 Å². The first-order chi connectivity index (χ1) is 6.72. The normalized spacial score (nSPS) is 10.0. The van der Waals surface area contributed by atoms with Gasteiger partial charge in [0.2, 0.25) is 0 Å². The average Bonchev–Trinajstić information content (AvgIpc) is 2.17. The lowest BCUT2D eigenvalue weighted by molar-refractivity contribution is 0.123. The summed E-state index contributed by atoms with van der Waals surface area (Å²) in [6, 6.07) is 2.89. The summed E-state index contributed by atoms with van der Waals surface area (Å²) in [5.74, 6) is 4.77. The summed E-state index contributed by atoms with van der Waals surface area (Å²) in [4.78, 5) is 4.39. The van der Waals surface area contributed by atoms with E-state index in [9.17, 15) is 4.39 Å². The molecule has 0 radical (unpaired) electrons. The summed E-state index contributed by atoms with van der Waals surface area (Å²) in [5.41, 5.74) is 0.586. The maximum absolute atomic E-state index is 13.3. The Morgan fingerprint density at radius 2 is 2.00 bits per heavy atom. The van der Waals surface area contributed by atoms with Gasteiger partial charge in [0.1, 0.15) is 0 Å². The highest BCUT2D eigenvalue weighted by molar-refractivity contribution is 5.44. The molecule has 0 amide bonds. The minimum absolute atomic E-state index is 0.0771. The van der Waals surface area contributed by atoms with Gasteiger partial charge < -0.3 is 9.47 Å². The zero-order valence-corrected chi connectivity index (χ0v) is 8.04. The first-order valence-corrected chi connectivity index (χ1v) is 3.95. The van der Waals surface area contributed by atoms with Crippen LogP contribution in [0, 0.1) is 5.82 Å². The average molecular weight is 201 g/mol. The Balaban J connectivity index is 3.10. The molecule has 0 heterocycles. The molecule has 1 rings (SSSR count). The molecule has 2 N–H and O–H groups in total. The lowest BCUT2D eigenvalue weighted by Gasteiger charge is -2.10. The van der Waals surface area contributed by atoms with Crippen LogP contribution in [0.3, 0.4) is 0 Å². The molecule has 0 aromatic heterocycles. The second-order valence-electron chi connectivity index (χ2n) is 2.62. The molecule has 0 saturated carbocycles. The third-order valence-corrected chi connectivity index (χ3v) is 1.74. The molecule has 5 heteroatoms. The van der Waals surface area contributed by atoms with Gasteiger partial charge in [-0.25, -0.2) is 10.3 Å². The van der Waals surface area contributed by atoms with Gasteiger partial charge in [0.05, 0.1) is 20.8 Å². The van der Waals surface area contributed by atoms with Gasteiger partial charge in [-0.1, -0.05) is 0 Å². The molecule has 4 nitrogen and oxygen atoms in total. The highest BCUT2D eigenvalue weighted by Gasteiger charge is 2.11. The molecular weight excluding hydrogens is 189 g/mol. The summed E-state index contributed by atoms with van der Waals surface area (Å²) in [6.45, 7) is 0.122. The molecule has 0 aliphatic heterocycles. The van der Waals surface area contributed by atoms with E-state index in [1.54, 1.807) is 6.07 Å². The number of benzene rings is 1. The van der Waals surface area contributed by atoms with Crippen LogP contribution < -0.4 is 15.4 Å². The topological polar surface area (TPSA) is 53.7 Å². The number of methoxy groups -OCH3 is 2. The first kappa shape index (κ1) is 10.7. The number of hydrogen-bond donors (Lipinski definition) is 1. The largest absolute Gasteiger partial charge is 0.493 e. The quantitative estimate of drug-likeness (QED) is 0.744. The van der Waals surface area contributed by atoms with E-state index in [1.807, 2.05) is 0 Å². The third kappa shape index (κ3) is 2.12. The Bertz CT molecular complexity index is 317. The van der Waals surface area contributed by atoms with Crippen molar-refractivity contribution in [2.24, 2.45) is 5.90 Å². The highest BCUT2D eigenvalue weighted by atomic mass is 19.1. The SMILES string of the molecule is COc1cc(CON)cc(F)c1OC. The van der Waals surface area contributed by atoms with Crippen molar-refractivity contribution in [2.75, 3.05) is 14.2 Å². The minimum Gasteiger partial charge on any atom is -0.493 e. The van der Waals surface area contributed by atoms with Gasteiger partial charge in [-0.2, -0.15) is 0 Å². The van der Waals surface area contributed by atoms with Crippen LogP contribution in [0.1, 0.15) is 5.56 Å². The van der Waals surface area contributed by atoms with E-state index < -0.39 is 5.82 Å². The van der Waals surface area contributed by atoms with Crippen LogP contribution in [0.15, 0.2) is 12.1 Å². The molecule has 78 valence electrons. The van der Waals surface area contributed by atoms with E-state index in [0.29, 0.717) is 11.3 Å². The summed E-state index contributed by atoms with van der Waals surface area (Å²) in [7, 11) is 2.81. The lowest BCUT2D eigenvalue weighted by Crippen LogP contribution is -2.01. The maximum Gasteiger partial charge on any atom is 0.196 e. The second kappa shape index (κ2) is 4.78. The molecule has 0 spiro atoms. The third-order valence-electron chi connectivity index (χ3n) is 1.74. The molecule has 0 aliphatic carbocycles. The summed E-state index contributed by atoms with van der Waals surface area (Å²) in [5, 5.41) is 0. The van der Waals surface area contributed by atoms with Crippen molar-refractivity contribution in [1.82, 2.24) is 0 Å². The van der Waals surface area contributed by atoms with Gasteiger partial charge >= 0.3 is 0 Å². The summed E-state index contributed by atoms with van der Waals surface area (Å²) in [6.07, 6.45) is 0. The smallest absolute Gasteiger partial charge is 0.196 e. The predicted molar refractivity (Wildman–Crippen MR) is 48.5 cm³/mol. The fourth-order valence-electron chi connectivity index (χ4n) is 1.15. The van der Waals surface area contributed by atoms with E-state index >= 15 is 0 Å². The molecule has 0 fully saturated rings. The van der Waals surface area contributed by atoms with Gasteiger partial charge in [0.25, 0.3) is 0 Å². The van der Waals surface area contributed by atoms with Gasteiger partial charge in [0, 0.05) is 0 Å². The standard InChI is InChI=1S/C9H12FNO3/c1-12-8-4-6(5-14-11)3-7(10)9(8)13-2/h3-4H,5,11H2,1-2H3. The number of halogens is 1. The molecule has 1 aromatic rings. The van der Waals surface area contributed by atoms with Crippen molar-refractivity contribution in [2.45, 2.75) is 6.61 Å². The lowest BCUT2D eigenvalue weighted by atomic mass is 10.2. The van der Waals surface area contributed by atoms with Crippen LogP contribution in [0.25, 0.3) is 0 Å². The molecule has 1 aromatic carbocycles. The molecule has 0 atom stereocenters. The highest BCUT2D eigenvalue weighted by Crippen LogP contribution is 2.31. The second-order valence-corrected chi connectivity index (χ2v) is 2.62. The van der Waals surface area contributed by atoms with Crippen molar-refractivity contribution < 1.29 is 18.7 Å². The fraction of sp³-hybridized carbons (Fsp3) is 0.333. The van der Waals surface area contributed by atoms with Crippen molar-refractivity contribution in [3.63, 3.8) is 0 Å². The van der Waals surface area contributed by atoms with Crippen LogP contribution in [0.5, 0.6) is 11.5 Å². The van der Waals surface area contributed by atoms with Crippen LogP contribution in [0.4, 0.5) is 4.39 Å². The number of rotatable bonds is 4. The Morgan fingerprint density at radius 1 is 1.29 bits per heavy atom.